The molecule has 0 spiro atoms. The molecule has 0 saturated heterocycles. The van der Waals surface area contributed by atoms with Gasteiger partial charge in [0.15, 0.2) is 0 Å². The second-order valence-electron chi connectivity index (χ2n) is 6.85. The van der Waals surface area contributed by atoms with Crippen LogP contribution in [-0.4, -0.2) is 41.6 Å². The topological polar surface area (TPSA) is 140 Å². The number of nitrogens with zero attached hydrogens (tertiary/aromatic N) is 2. The highest BCUT2D eigenvalue weighted by Crippen LogP contribution is 2.21. The van der Waals surface area contributed by atoms with E-state index in [1.807, 2.05) is 12.1 Å². The number of methoxy groups -OCH3 is 1. The van der Waals surface area contributed by atoms with Gasteiger partial charge in [0, 0.05) is 24.4 Å². The van der Waals surface area contributed by atoms with Crippen molar-refractivity contribution in [3.05, 3.63) is 65.5 Å². The lowest BCUT2D eigenvalue weighted by molar-refractivity contribution is -0.141. The standard InChI is InChI=1S/C21H23N5O4/c1-29-20(28)11-17(15-3-2-8-24-12-15)25-19(27)10-16-9-18(26-30-16)13-4-6-14(7-5-13)21(22)23/h2-8,12,16-17H,9-11H2,1H3,(H3,22,23)(H,25,27)/t16-,17-/m1/s1. The van der Waals surface area contributed by atoms with Crippen LogP contribution in [0.25, 0.3) is 0 Å². The first-order chi connectivity index (χ1) is 14.5. The van der Waals surface area contributed by atoms with Crippen molar-refractivity contribution in [3.8, 4) is 0 Å². The van der Waals surface area contributed by atoms with Gasteiger partial charge in [-0.05, 0) is 17.2 Å². The molecule has 0 bridgehead atoms. The molecule has 2 atom stereocenters. The number of carbonyl (C=O) groups excluding carboxylic acids is 2. The molecule has 4 N–H and O–H groups in total. The Bertz CT molecular complexity index is 944. The minimum absolute atomic E-state index is 0.00368. The van der Waals surface area contributed by atoms with Crippen molar-refractivity contribution < 1.29 is 19.2 Å². The zero-order valence-corrected chi connectivity index (χ0v) is 16.5. The van der Waals surface area contributed by atoms with Crippen molar-refractivity contribution in [1.82, 2.24) is 10.3 Å². The third-order valence-electron chi connectivity index (χ3n) is 4.70. The maximum absolute atomic E-state index is 12.6. The predicted octanol–water partition coefficient (Wildman–Crippen LogP) is 1.67. The van der Waals surface area contributed by atoms with Gasteiger partial charge in [-0.2, -0.15) is 0 Å². The number of nitrogens with one attached hydrogen (secondary N) is 2. The largest absolute Gasteiger partial charge is 0.469 e. The lowest BCUT2D eigenvalue weighted by Gasteiger charge is -2.18. The van der Waals surface area contributed by atoms with Gasteiger partial charge in [0.25, 0.3) is 0 Å². The van der Waals surface area contributed by atoms with Crippen LogP contribution in [0.3, 0.4) is 0 Å². The molecule has 1 aromatic carbocycles. The van der Waals surface area contributed by atoms with Crippen LogP contribution < -0.4 is 11.1 Å². The molecule has 1 aliphatic heterocycles. The third kappa shape index (κ3) is 5.40. The number of carbonyl (C=O) groups is 2. The summed E-state index contributed by atoms with van der Waals surface area (Å²) in [6.45, 7) is 0. The van der Waals surface area contributed by atoms with E-state index in [0.717, 1.165) is 11.3 Å². The lowest BCUT2D eigenvalue weighted by Crippen LogP contribution is -2.33. The van der Waals surface area contributed by atoms with Gasteiger partial charge in [-0.3, -0.25) is 20.0 Å². The van der Waals surface area contributed by atoms with Gasteiger partial charge in [0.1, 0.15) is 11.9 Å². The number of pyridine rings is 1. The molecule has 1 aromatic heterocycles. The molecule has 156 valence electrons. The number of aromatic nitrogens is 1. The van der Waals surface area contributed by atoms with Crippen molar-refractivity contribution in [2.75, 3.05) is 7.11 Å². The number of amidine groups is 1. The van der Waals surface area contributed by atoms with Gasteiger partial charge in [-0.1, -0.05) is 35.5 Å². The number of oxime groups is 1. The van der Waals surface area contributed by atoms with Crippen LogP contribution in [0.15, 0.2) is 53.9 Å². The van der Waals surface area contributed by atoms with Gasteiger partial charge in [-0.25, -0.2) is 0 Å². The molecule has 2 aromatic rings. The zero-order valence-electron chi connectivity index (χ0n) is 16.5. The molecule has 3 rings (SSSR count). The van der Waals surface area contributed by atoms with Crippen molar-refractivity contribution in [2.45, 2.75) is 31.4 Å². The molecule has 1 amide bonds. The van der Waals surface area contributed by atoms with Crippen molar-refractivity contribution in [1.29, 1.82) is 5.41 Å². The fraction of sp³-hybridized carbons (Fsp3) is 0.286. The number of hydrogen-bond donors (Lipinski definition) is 3. The number of benzene rings is 1. The number of ether oxygens (including phenoxy) is 1. The van der Waals surface area contributed by atoms with E-state index >= 15 is 0 Å². The third-order valence-corrected chi connectivity index (χ3v) is 4.70. The predicted molar refractivity (Wildman–Crippen MR) is 110 cm³/mol. The van der Waals surface area contributed by atoms with Crippen molar-refractivity contribution in [2.24, 2.45) is 10.9 Å². The van der Waals surface area contributed by atoms with Gasteiger partial charge >= 0.3 is 5.97 Å². The summed E-state index contributed by atoms with van der Waals surface area (Å²) in [5, 5.41) is 14.4. The van der Waals surface area contributed by atoms with Gasteiger partial charge in [-0.15, -0.1) is 0 Å². The normalized spacial score (nSPS) is 16.2. The second kappa shape index (κ2) is 9.64. The Hall–Kier alpha value is -3.75. The van der Waals surface area contributed by atoms with Gasteiger partial charge in [0.05, 0.1) is 31.7 Å². The Kier molecular flexibility index (Phi) is 6.74. The minimum atomic E-state index is -0.542. The Labute approximate surface area is 173 Å². The van der Waals surface area contributed by atoms with E-state index in [2.05, 4.69) is 15.5 Å². The Morgan fingerprint density at radius 1 is 1.33 bits per heavy atom. The number of amides is 1. The van der Waals surface area contributed by atoms with Crippen LogP contribution in [0.5, 0.6) is 0 Å². The summed E-state index contributed by atoms with van der Waals surface area (Å²) < 4.78 is 4.73. The van der Waals surface area contributed by atoms with E-state index < -0.39 is 18.1 Å². The number of hydrogen-bond acceptors (Lipinski definition) is 7. The summed E-state index contributed by atoms with van der Waals surface area (Å²) in [5.74, 6) is -0.696. The van der Waals surface area contributed by atoms with Crippen molar-refractivity contribution in [3.63, 3.8) is 0 Å². The van der Waals surface area contributed by atoms with Crippen LogP contribution in [0, 0.1) is 5.41 Å². The first-order valence-electron chi connectivity index (χ1n) is 9.40. The average molecular weight is 409 g/mol. The van der Waals surface area contributed by atoms with Crippen LogP contribution in [0.4, 0.5) is 0 Å². The number of esters is 1. The summed E-state index contributed by atoms with van der Waals surface area (Å²) in [5.41, 5.74) is 8.38. The second-order valence-corrected chi connectivity index (χ2v) is 6.85. The first kappa shape index (κ1) is 21.0. The van der Waals surface area contributed by atoms with Gasteiger partial charge in [0.2, 0.25) is 5.91 Å². The monoisotopic (exact) mass is 409 g/mol. The maximum atomic E-state index is 12.6. The molecule has 0 radical (unpaired) electrons. The lowest BCUT2D eigenvalue weighted by atomic mass is 10.0. The number of nitrogen functional groups attached to an aromatic ring is 1. The minimum Gasteiger partial charge on any atom is -0.469 e. The molecule has 9 heteroatoms. The molecule has 0 fully saturated rings. The molecular weight excluding hydrogens is 386 g/mol. The van der Waals surface area contributed by atoms with Crippen LogP contribution in [0.1, 0.15) is 42.0 Å². The van der Waals surface area contributed by atoms with E-state index in [-0.39, 0.29) is 24.6 Å². The Morgan fingerprint density at radius 3 is 2.73 bits per heavy atom. The molecule has 1 aliphatic rings. The van der Waals surface area contributed by atoms with E-state index in [9.17, 15) is 9.59 Å². The summed E-state index contributed by atoms with van der Waals surface area (Å²) in [6, 6.07) is 10.1. The highest BCUT2D eigenvalue weighted by molar-refractivity contribution is 6.02. The molecular formula is C21H23N5O4. The molecule has 2 heterocycles. The summed E-state index contributed by atoms with van der Waals surface area (Å²) >= 11 is 0. The van der Waals surface area contributed by atoms with Gasteiger partial charge < -0.3 is 20.6 Å². The van der Waals surface area contributed by atoms with E-state index in [1.54, 1.807) is 36.7 Å². The fourth-order valence-corrected chi connectivity index (χ4v) is 3.09. The smallest absolute Gasteiger partial charge is 0.307 e. The van der Waals surface area contributed by atoms with Crippen LogP contribution in [-0.2, 0) is 19.2 Å². The molecule has 9 nitrogen and oxygen atoms in total. The van der Waals surface area contributed by atoms with Crippen molar-refractivity contribution >= 4 is 23.4 Å². The SMILES string of the molecule is COC(=O)C[C@@H](NC(=O)C[C@H]1CC(c2ccc(C(=N)N)cc2)=NO1)c1cccnc1. The first-order valence-corrected chi connectivity index (χ1v) is 9.40. The Morgan fingerprint density at radius 2 is 2.10 bits per heavy atom. The van der Waals surface area contributed by atoms with E-state index in [0.29, 0.717) is 17.5 Å². The summed E-state index contributed by atoms with van der Waals surface area (Å²) in [4.78, 5) is 33.7. The quantitative estimate of drug-likeness (QED) is 0.344. The van der Waals surface area contributed by atoms with Crippen LogP contribution >= 0.6 is 0 Å². The zero-order chi connectivity index (χ0) is 21.5. The van der Waals surface area contributed by atoms with E-state index in [1.165, 1.54) is 7.11 Å². The molecule has 30 heavy (non-hydrogen) atoms. The maximum Gasteiger partial charge on any atom is 0.307 e. The van der Waals surface area contributed by atoms with E-state index in [4.69, 9.17) is 20.7 Å². The molecule has 0 saturated carbocycles. The summed E-state index contributed by atoms with van der Waals surface area (Å²) in [6.07, 6.45) is 3.39. The highest BCUT2D eigenvalue weighted by Gasteiger charge is 2.27. The Balaban J connectivity index is 1.57. The number of nitrogens with two attached hydrogens (primary N) is 1. The highest BCUT2D eigenvalue weighted by atomic mass is 16.6. The molecule has 0 aliphatic carbocycles. The summed E-state index contributed by atoms with van der Waals surface area (Å²) in [7, 11) is 1.30. The average Bonchev–Trinajstić information content (AvgIpc) is 3.22. The fourth-order valence-electron chi connectivity index (χ4n) is 3.09. The van der Waals surface area contributed by atoms with Crippen LogP contribution in [0.2, 0.25) is 0 Å². The number of rotatable bonds is 8. The molecule has 0 unspecified atom stereocenters.